The van der Waals surface area contributed by atoms with Crippen LogP contribution in [0.4, 0.5) is 4.39 Å². The van der Waals surface area contributed by atoms with Crippen LogP contribution in [0, 0.1) is 0 Å². The summed E-state index contributed by atoms with van der Waals surface area (Å²) in [5.41, 5.74) is 2.10. The van der Waals surface area contributed by atoms with E-state index in [0.717, 1.165) is 21.9 Å². The van der Waals surface area contributed by atoms with Crippen molar-refractivity contribution >= 4 is 27.8 Å². The van der Waals surface area contributed by atoms with Crippen molar-refractivity contribution in [2.45, 2.75) is 6.92 Å². The first-order valence-corrected chi connectivity index (χ1v) is 5.79. The van der Waals surface area contributed by atoms with Gasteiger partial charge in [0.05, 0.1) is 0 Å². The molecule has 1 rings (SSSR count). The number of hydrogen-bond donors (Lipinski definition) is 0. The monoisotopic (exact) mass is 294 g/mol. The molecule has 0 aliphatic rings. The normalized spacial score (nSPS) is 12.4. The van der Waals surface area contributed by atoms with Crippen LogP contribution in [0.15, 0.2) is 53.3 Å². The molecule has 0 aromatic heterocycles. The number of carbonyl (C=O) groups is 1. The average molecular weight is 295 g/mol. The molecule has 0 heterocycles. The predicted molar refractivity (Wildman–Crippen MR) is 72.6 cm³/mol. The number of aldehydes is 1. The van der Waals surface area contributed by atoms with Crippen molar-refractivity contribution in [3.8, 4) is 0 Å². The topological polar surface area (TPSA) is 17.1 Å². The second-order valence-electron chi connectivity index (χ2n) is 3.47. The highest BCUT2D eigenvalue weighted by Gasteiger charge is 2.02. The van der Waals surface area contributed by atoms with E-state index in [9.17, 15) is 9.18 Å². The molecule has 0 aliphatic heterocycles. The van der Waals surface area contributed by atoms with Crippen molar-refractivity contribution in [3.05, 3.63) is 64.4 Å². The van der Waals surface area contributed by atoms with Gasteiger partial charge in [0.2, 0.25) is 0 Å². The van der Waals surface area contributed by atoms with Gasteiger partial charge in [-0.05, 0) is 42.3 Å². The van der Waals surface area contributed by atoms with Crippen LogP contribution in [-0.4, -0.2) is 6.29 Å². The van der Waals surface area contributed by atoms with E-state index >= 15 is 0 Å². The fourth-order valence-electron chi connectivity index (χ4n) is 1.33. The van der Waals surface area contributed by atoms with Gasteiger partial charge in [-0.25, -0.2) is 4.39 Å². The third-order valence-electron chi connectivity index (χ3n) is 2.21. The van der Waals surface area contributed by atoms with E-state index in [4.69, 9.17) is 0 Å². The van der Waals surface area contributed by atoms with E-state index in [1.807, 2.05) is 6.07 Å². The maximum Gasteiger partial charge on any atom is 0.151 e. The lowest BCUT2D eigenvalue weighted by molar-refractivity contribution is 0.112. The first-order valence-electron chi connectivity index (χ1n) is 5.00. The highest BCUT2D eigenvalue weighted by molar-refractivity contribution is 9.10. The van der Waals surface area contributed by atoms with E-state index < -0.39 is 0 Å². The number of benzene rings is 1. The minimum atomic E-state index is -0.368. The third-order valence-corrected chi connectivity index (χ3v) is 2.93. The lowest BCUT2D eigenvalue weighted by atomic mass is 10.0. The number of halogens is 2. The van der Waals surface area contributed by atoms with Crippen molar-refractivity contribution in [2.75, 3.05) is 0 Å². The zero-order chi connectivity index (χ0) is 12.8. The smallest absolute Gasteiger partial charge is 0.151 e. The number of hydrogen-bond acceptors (Lipinski definition) is 1. The summed E-state index contributed by atoms with van der Waals surface area (Å²) in [5, 5.41) is 0. The molecule has 0 radical (unpaired) electrons. The van der Waals surface area contributed by atoms with Crippen LogP contribution in [0.5, 0.6) is 0 Å². The second-order valence-corrected chi connectivity index (χ2v) is 4.32. The lowest BCUT2D eigenvalue weighted by Crippen LogP contribution is -1.87. The average Bonchev–Trinajstić information content (AvgIpc) is 2.29. The van der Waals surface area contributed by atoms with Gasteiger partial charge in [0, 0.05) is 10.0 Å². The molecule has 1 aromatic carbocycles. The molecule has 0 saturated carbocycles. The van der Waals surface area contributed by atoms with Crippen molar-refractivity contribution in [1.29, 1.82) is 0 Å². The summed E-state index contributed by atoms with van der Waals surface area (Å²) in [4.78, 5) is 10.8. The highest BCUT2D eigenvalue weighted by atomic mass is 79.9. The Bertz CT molecular complexity index is 501. The Morgan fingerprint density at radius 1 is 1.47 bits per heavy atom. The number of rotatable bonds is 4. The van der Waals surface area contributed by atoms with Crippen molar-refractivity contribution < 1.29 is 9.18 Å². The van der Waals surface area contributed by atoms with Crippen molar-refractivity contribution in [2.24, 2.45) is 0 Å². The van der Waals surface area contributed by atoms with Gasteiger partial charge in [0.15, 0.2) is 6.29 Å². The maximum absolute atomic E-state index is 13.2. The molecule has 3 heteroatoms. The summed E-state index contributed by atoms with van der Waals surface area (Å²) >= 11 is 3.27. The standard InChI is InChI=1S/C14H12BrFO/c1-3-4-13(16)7-10(2)11-5-6-14(15)12(8-11)9-17/h3-9H,1H2,2H3/b10-7+,13-4+. The zero-order valence-corrected chi connectivity index (χ0v) is 11.0. The van der Waals surface area contributed by atoms with E-state index in [1.54, 1.807) is 19.1 Å². The molecule has 0 saturated heterocycles. The Hall–Kier alpha value is -1.48. The Balaban J connectivity index is 3.12. The quantitative estimate of drug-likeness (QED) is 0.581. The molecule has 0 bridgehead atoms. The second kappa shape index (κ2) is 6.30. The van der Waals surface area contributed by atoms with Crippen LogP contribution in [-0.2, 0) is 0 Å². The van der Waals surface area contributed by atoms with Crippen LogP contribution in [0.1, 0.15) is 22.8 Å². The summed E-state index contributed by atoms with van der Waals surface area (Å²) in [6.07, 6.45) is 4.83. The van der Waals surface area contributed by atoms with E-state index in [0.29, 0.717) is 5.56 Å². The van der Waals surface area contributed by atoms with Gasteiger partial charge in [-0.1, -0.05) is 34.7 Å². The Labute approximate surface area is 108 Å². The Morgan fingerprint density at radius 3 is 2.76 bits per heavy atom. The van der Waals surface area contributed by atoms with Gasteiger partial charge in [0.1, 0.15) is 5.83 Å². The fourth-order valence-corrected chi connectivity index (χ4v) is 1.67. The summed E-state index contributed by atoms with van der Waals surface area (Å²) in [6, 6.07) is 5.31. The van der Waals surface area contributed by atoms with Gasteiger partial charge in [-0.3, -0.25) is 4.79 Å². The Morgan fingerprint density at radius 2 is 2.18 bits per heavy atom. The molecule has 0 aliphatic carbocycles. The molecule has 0 N–H and O–H groups in total. The van der Waals surface area contributed by atoms with Crippen molar-refractivity contribution in [1.82, 2.24) is 0 Å². The van der Waals surface area contributed by atoms with E-state index in [1.165, 1.54) is 18.2 Å². The van der Waals surface area contributed by atoms with E-state index in [-0.39, 0.29) is 5.83 Å². The molecule has 0 unspecified atom stereocenters. The molecule has 0 spiro atoms. The molecule has 1 aromatic rings. The number of carbonyl (C=O) groups excluding carboxylic acids is 1. The van der Waals surface area contributed by atoms with Crippen LogP contribution >= 0.6 is 15.9 Å². The molecule has 1 nitrogen and oxygen atoms in total. The molecule has 0 atom stereocenters. The lowest BCUT2D eigenvalue weighted by Gasteiger charge is -2.03. The van der Waals surface area contributed by atoms with Crippen molar-refractivity contribution in [3.63, 3.8) is 0 Å². The first kappa shape index (κ1) is 13.6. The zero-order valence-electron chi connectivity index (χ0n) is 9.41. The van der Waals surface area contributed by atoms with Crippen LogP contribution < -0.4 is 0 Å². The van der Waals surface area contributed by atoms with Gasteiger partial charge < -0.3 is 0 Å². The summed E-state index contributed by atoms with van der Waals surface area (Å²) in [6.45, 7) is 5.21. The molecular weight excluding hydrogens is 283 g/mol. The van der Waals surface area contributed by atoms with Crippen LogP contribution in [0.25, 0.3) is 5.57 Å². The largest absolute Gasteiger partial charge is 0.298 e. The maximum atomic E-state index is 13.2. The number of allylic oxidation sites excluding steroid dienone is 5. The molecule has 0 fully saturated rings. The highest BCUT2D eigenvalue weighted by Crippen LogP contribution is 2.22. The fraction of sp³-hybridized carbons (Fsp3) is 0.0714. The minimum Gasteiger partial charge on any atom is -0.298 e. The first-order chi connectivity index (χ1) is 8.08. The third kappa shape index (κ3) is 3.79. The van der Waals surface area contributed by atoms with Crippen LogP contribution in [0.2, 0.25) is 0 Å². The van der Waals surface area contributed by atoms with Gasteiger partial charge in [0.25, 0.3) is 0 Å². The SMILES string of the molecule is C=C/C=C(F)\C=C(/C)c1ccc(Br)c(C=O)c1. The Kier molecular flexibility index (Phi) is 5.04. The van der Waals surface area contributed by atoms with Gasteiger partial charge >= 0.3 is 0 Å². The molecule has 88 valence electrons. The summed E-state index contributed by atoms with van der Waals surface area (Å²) < 4.78 is 14.0. The summed E-state index contributed by atoms with van der Waals surface area (Å²) in [5.74, 6) is -0.368. The minimum absolute atomic E-state index is 0.368. The van der Waals surface area contributed by atoms with Crippen LogP contribution in [0.3, 0.4) is 0 Å². The summed E-state index contributed by atoms with van der Waals surface area (Å²) in [7, 11) is 0. The molecule has 17 heavy (non-hydrogen) atoms. The molecular formula is C14H12BrFO. The predicted octanol–water partition coefficient (Wildman–Crippen LogP) is 4.70. The molecule has 0 amide bonds. The van der Waals surface area contributed by atoms with E-state index in [2.05, 4.69) is 22.5 Å². The van der Waals surface area contributed by atoms with Gasteiger partial charge in [-0.15, -0.1) is 0 Å². The van der Waals surface area contributed by atoms with Gasteiger partial charge in [-0.2, -0.15) is 0 Å².